The molecule has 0 saturated carbocycles. The molecule has 8 heteroatoms. The van der Waals surface area contributed by atoms with Crippen LogP contribution in [0.1, 0.15) is 32.0 Å². The summed E-state index contributed by atoms with van der Waals surface area (Å²) in [5.41, 5.74) is 0.944. The highest BCUT2D eigenvalue weighted by atomic mass is 35.5. The van der Waals surface area contributed by atoms with Crippen LogP contribution in [-0.2, 0) is 24.9 Å². The summed E-state index contributed by atoms with van der Waals surface area (Å²) in [6.07, 6.45) is -0.490. The maximum atomic E-state index is 11.7. The van der Waals surface area contributed by atoms with Crippen LogP contribution in [0.2, 0.25) is 10.2 Å². The van der Waals surface area contributed by atoms with Gasteiger partial charge in [0, 0.05) is 24.7 Å². The highest BCUT2D eigenvalue weighted by Gasteiger charge is 2.16. The van der Waals surface area contributed by atoms with Crippen molar-refractivity contribution in [3.05, 3.63) is 45.7 Å². The van der Waals surface area contributed by atoms with E-state index in [1.165, 1.54) is 0 Å². The fourth-order valence-corrected chi connectivity index (χ4v) is 2.37. The number of rotatable bonds is 5. The van der Waals surface area contributed by atoms with E-state index in [4.69, 9.17) is 32.7 Å². The van der Waals surface area contributed by atoms with Gasteiger partial charge in [-0.05, 0) is 38.5 Å². The Balaban J connectivity index is 1.90. The zero-order valence-electron chi connectivity index (χ0n) is 14.6. The second kappa shape index (κ2) is 7.97. The van der Waals surface area contributed by atoms with Crippen molar-refractivity contribution < 1.29 is 14.3 Å². The molecule has 0 aliphatic rings. The van der Waals surface area contributed by atoms with Crippen LogP contribution in [-0.4, -0.2) is 21.5 Å². The first-order valence-corrected chi connectivity index (χ1v) is 8.46. The standard InChI is InChI=1S/C17H21Cl2N3O3/c1-17(2,3)25-16(23)20-9-11-5-6-13(8-14(11)18)24-10-12-7-15(19)22(4)21-12/h5-8H,9-10H2,1-4H3,(H,20,23). The van der Waals surface area contributed by atoms with Gasteiger partial charge < -0.3 is 14.8 Å². The highest BCUT2D eigenvalue weighted by Crippen LogP contribution is 2.23. The fraction of sp³-hybridized carbons (Fsp3) is 0.412. The molecule has 25 heavy (non-hydrogen) atoms. The Morgan fingerprint density at radius 1 is 1.28 bits per heavy atom. The molecule has 0 radical (unpaired) electrons. The SMILES string of the molecule is Cn1nc(COc2ccc(CNC(=O)OC(C)(C)C)c(Cl)c2)cc1Cl. The lowest BCUT2D eigenvalue weighted by atomic mass is 10.2. The molecule has 0 aliphatic carbocycles. The summed E-state index contributed by atoms with van der Waals surface area (Å²) in [5.74, 6) is 0.604. The first-order valence-electron chi connectivity index (χ1n) is 7.70. The third kappa shape index (κ3) is 6.14. The highest BCUT2D eigenvalue weighted by molar-refractivity contribution is 6.31. The van der Waals surface area contributed by atoms with Crippen molar-refractivity contribution >= 4 is 29.3 Å². The van der Waals surface area contributed by atoms with Crippen LogP contribution in [0.4, 0.5) is 4.79 Å². The lowest BCUT2D eigenvalue weighted by Crippen LogP contribution is -2.32. The van der Waals surface area contributed by atoms with Crippen LogP contribution >= 0.6 is 23.2 Å². The summed E-state index contributed by atoms with van der Waals surface area (Å²) in [6, 6.07) is 7.00. The largest absolute Gasteiger partial charge is 0.487 e. The molecule has 1 aromatic carbocycles. The van der Waals surface area contributed by atoms with Gasteiger partial charge in [0.15, 0.2) is 0 Å². The second-order valence-corrected chi connectivity index (χ2v) is 7.27. The van der Waals surface area contributed by atoms with Crippen molar-refractivity contribution in [2.75, 3.05) is 0 Å². The van der Waals surface area contributed by atoms with E-state index in [0.717, 1.165) is 11.3 Å². The molecule has 1 amide bonds. The zero-order chi connectivity index (χ0) is 18.6. The molecule has 1 heterocycles. The number of aryl methyl sites for hydroxylation is 1. The summed E-state index contributed by atoms with van der Waals surface area (Å²) in [4.78, 5) is 11.7. The van der Waals surface area contributed by atoms with Gasteiger partial charge in [0.25, 0.3) is 0 Å². The second-order valence-electron chi connectivity index (χ2n) is 6.48. The number of aromatic nitrogens is 2. The van der Waals surface area contributed by atoms with Gasteiger partial charge in [-0.1, -0.05) is 29.3 Å². The van der Waals surface area contributed by atoms with Crippen molar-refractivity contribution in [2.45, 2.75) is 39.5 Å². The first-order chi connectivity index (χ1) is 11.6. The van der Waals surface area contributed by atoms with Gasteiger partial charge in [0.2, 0.25) is 0 Å². The van der Waals surface area contributed by atoms with Gasteiger partial charge in [-0.15, -0.1) is 0 Å². The van der Waals surface area contributed by atoms with Crippen LogP contribution in [0.5, 0.6) is 5.75 Å². The molecular formula is C17H21Cl2N3O3. The Labute approximate surface area is 157 Å². The van der Waals surface area contributed by atoms with Crippen molar-refractivity contribution in [2.24, 2.45) is 7.05 Å². The molecule has 0 spiro atoms. The smallest absolute Gasteiger partial charge is 0.407 e. The van der Waals surface area contributed by atoms with E-state index in [9.17, 15) is 4.79 Å². The Bertz CT molecular complexity index is 735. The molecule has 6 nitrogen and oxygen atoms in total. The average molecular weight is 386 g/mol. The van der Waals surface area contributed by atoms with E-state index in [1.807, 2.05) is 0 Å². The quantitative estimate of drug-likeness (QED) is 0.831. The summed E-state index contributed by atoms with van der Waals surface area (Å²) in [5, 5.41) is 7.91. The van der Waals surface area contributed by atoms with Crippen molar-refractivity contribution in [1.29, 1.82) is 0 Å². The molecule has 0 saturated heterocycles. The van der Waals surface area contributed by atoms with Gasteiger partial charge in [0.1, 0.15) is 28.8 Å². The number of carbonyl (C=O) groups excluding carboxylic acids is 1. The number of amides is 1. The topological polar surface area (TPSA) is 65.4 Å². The summed E-state index contributed by atoms with van der Waals surface area (Å²) >= 11 is 12.2. The zero-order valence-corrected chi connectivity index (χ0v) is 16.1. The Morgan fingerprint density at radius 2 is 2.00 bits per heavy atom. The predicted molar refractivity (Wildman–Crippen MR) is 97.1 cm³/mol. The average Bonchev–Trinajstić information content (AvgIpc) is 2.81. The lowest BCUT2D eigenvalue weighted by molar-refractivity contribution is 0.0523. The summed E-state index contributed by atoms with van der Waals surface area (Å²) in [6.45, 7) is 5.97. The summed E-state index contributed by atoms with van der Waals surface area (Å²) < 4.78 is 12.4. The van der Waals surface area contributed by atoms with E-state index in [1.54, 1.807) is 56.8 Å². The molecule has 136 valence electrons. The van der Waals surface area contributed by atoms with Crippen molar-refractivity contribution in [1.82, 2.24) is 15.1 Å². The van der Waals surface area contributed by atoms with E-state index in [2.05, 4.69) is 10.4 Å². The Morgan fingerprint density at radius 3 is 2.56 bits per heavy atom. The van der Waals surface area contributed by atoms with Crippen molar-refractivity contribution in [3.8, 4) is 5.75 Å². The van der Waals surface area contributed by atoms with E-state index >= 15 is 0 Å². The number of nitrogens with one attached hydrogen (secondary N) is 1. The number of hydrogen-bond acceptors (Lipinski definition) is 4. The predicted octanol–water partition coefficient (Wildman–Crippen LogP) is 4.33. The molecule has 2 aromatic rings. The monoisotopic (exact) mass is 385 g/mol. The molecule has 2 rings (SSSR count). The number of alkyl carbamates (subject to hydrolysis) is 1. The van der Waals surface area contributed by atoms with Crippen LogP contribution < -0.4 is 10.1 Å². The molecule has 0 atom stereocenters. The lowest BCUT2D eigenvalue weighted by Gasteiger charge is -2.19. The molecule has 0 fully saturated rings. The fourth-order valence-electron chi connectivity index (χ4n) is 1.97. The molecule has 0 bridgehead atoms. The normalized spacial score (nSPS) is 11.3. The van der Waals surface area contributed by atoms with Crippen molar-refractivity contribution in [3.63, 3.8) is 0 Å². The Hall–Kier alpha value is -1.92. The van der Waals surface area contributed by atoms with E-state index in [0.29, 0.717) is 15.9 Å². The number of halogens is 2. The van der Waals surface area contributed by atoms with Crippen LogP contribution in [0, 0.1) is 0 Å². The van der Waals surface area contributed by atoms with E-state index in [-0.39, 0.29) is 13.2 Å². The number of benzene rings is 1. The van der Waals surface area contributed by atoms with Crippen LogP contribution in [0.3, 0.4) is 0 Å². The maximum Gasteiger partial charge on any atom is 0.407 e. The van der Waals surface area contributed by atoms with Gasteiger partial charge in [-0.2, -0.15) is 5.10 Å². The van der Waals surface area contributed by atoms with Gasteiger partial charge in [0.05, 0.1) is 0 Å². The number of hydrogen-bond donors (Lipinski definition) is 1. The molecule has 0 unspecified atom stereocenters. The first kappa shape index (κ1) is 19.4. The summed E-state index contributed by atoms with van der Waals surface area (Å²) in [7, 11) is 1.76. The third-order valence-corrected chi connectivity index (χ3v) is 3.81. The minimum atomic E-state index is -0.542. The van der Waals surface area contributed by atoms with Crippen LogP contribution in [0.25, 0.3) is 0 Å². The maximum absolute atomic E-state index is 11.7. The number of carbonyl (C=O) groups is 1. The van der Waals surface area contributed by atoms with Gasteiger partial charge >= 0.3 is 6.09 Å². The minimum Gasteiger partial charge on any atom is -0.487 e. The number of nitrogens with zero attached hydrogens (tertiary/aromatic N) is 2. The third-order valence-electron chi connectivity index (χ3n) is 3.11. The van der Waals surface area contributed by atoms with E-state index < -0.39 is 11.7 Å². The molecule has 1 N–H and O–H groups in total. The Kier molecular flexibility index (Phi) is 6.19. The van der Waals surface area contributed by atoms with Gasteiger partial charge in [-0.25, -0.2) is 4.79 Å². The molecule has 1 aromatic heterocycles. The minimum absolute atomic E-state index is 0.268. The number of ether oxygens (including phenoxy) is 2. The molecular weight excluding hydrogens is 365 g/mol. The van der Waals surface area contributed by atoms with Crippen LogP contribution in [0.15, 0.2) is 24.3 Å². The molecule has 0 aliphatic heterocycles. The van der Waals surface area contributed by atoms with Gasteiger partial charge in [-0.3, -0.25) is 4.68 Å².